The monoisotopic (exact) mass is 345 g/mol. The Labute approximate surface area is 144 Å². The van der Waals surface area contributed by atoms with Crippen molar-refractivity contribution in [3.63, 3.8) is 0 Å². The van der Waals surface area contributed by atoms with Crippen LogP contribution in [-0.2, 0) is 16.1 Å². The Morgan fingerprint density at radius 3 is 2.12 bits per heavy atom. The molecule has 0 saturated heterocycles. The summed E-state index contributed by atoms with van der Waals surface area (Å²) in [6.45, 7) is 1.48. The van der Waals surface area contributed by atoms with Crippen molar-refractivity contribution in [2.45, 2.75) is 13.5 Å². The smallest absolute Gasteiger partial charge is 0.338 e. The number of rotatable bonds is 6. The van der Waals surface area contributed by atoms with E-state index in [0.29, 0.717) is 22.7 Å². The van der Waals surface area contributed by atoms with E-state index >= 15 is 0 Å². The van der Waals surface area contributed by atoms with E-state index in [2.05, 4.69) is 5.32 Å². The van der Waals surface area contributed by atoms with Gasteiger partial charge in [-0.1, -0.05) is 23.7 Å². The van der Waals surface area contributed by atoms with Gasteiger partial charge in [0.25, 0.3) is 0 Å². The number of hydrogen-bond acceptors (Lipinski definition) is 4. The lowest BCUT2D eigenvalue weighted by Crippen LogP contribution is -2.19. The first-order valence-electron chi connectivity index (χ1n) is 7.25. The van der Waals surface area contributed by atoms with Crippen molar-refractivity contribution in [1.82, 2.24) is 5.32 Å². The molecule has 0 saturated carbocycles. The number of ketones is 1. The summed E-state index contributed by atoms with van der Waals surface area (Å²) in [7, 11) is 0. The van der Waals surface area contributed by atoms with E-state index in [-0.39, 0.29) is 18.3 Å². The molecule has 1 amide bonds. The van der Waals surface area contributed by atoms with Crippen LogP contribution in [0, 0.1) is 0 Å². The number of nitrogens with one attached hydrogen (secondary N) is 1. The molecule has 0 unspecified atom stereocenters. The van der Waals surface area contributed by atoms with E-state index in [1.165, 1.54) is 6.92 Å². The van der Waals surface area contributed by atoms with E-state index in [1.54, 1.807) is 48.5 Å². The molecule has 0 bridgehead atoms. The van der Waals surface area contributed by atoms with Gasteiger partial charge in [-0.05, 0) is 42.0 Å². The highest BCUT2D eigenvalue weighted by atomic mass is 35.5. The second-order valence-corrected chi connectivity index (χ2v) is 5.55. The Morgan fingerprint density at radius 1 is 0.958 bits per heavy atom. The van der Waals surface area contributed by atoms with Gasteiger partial charge >= 0.3 is 5.97 Å². The normalized spacial score (nSPS) is 10.1. The quantitative estimate of drug-likeness (QED) is 0.645. The average Bonchev–Trinajstić information content (AvgIpc) is 2.58. The molecule has 124 valence electrons. The third kappa shape index (κ3) is 5.21. The number of ether oxygens (including phenoxy) is 1. The molecule has 2 aromatic rings. The fourth-order valence-corrected chi connectivity index (χ4v) is 2.04. The van der Waals surface area contributed by atoms with Gasteiger partial charge in [0.2, 0.25) is 5.91 Å². The van der Waals surface area contributed by atoms with Gasteiger partial charge in [-0.3, -0.25) is 9.59 Å². The molecule has 0 aliphatic carbocycles. The number of esters is 1. The summed E-state index contributed by atoms with van der Waals surface area (Å²) in [6.07, 6.45) is 0. The number of halogens is 1. The van der Waals surface area contributed by atoms with E-state index in [0.717, 1.165) is 5.56 Å². The summed E-state index contributed by atoms with van der Waals surface area (Å²) < 4.78 is 5.02. The highest BCUT2D eigenvalue weighted by molar-refractivity contribution is 6.30. The molecule has 0 spiro atoms. The molecule has 0 atom stereocenters. The van der Waals surface area contributed by atoms with E-state index < -0.39 is 5.97 Å². The summed E-state index contributed by atoms with van der Waals surface area (Å²) in [5, 5.41) is 3.19. The van der Waals surface area contributed by atoms with Crippen LogP contribution in [0.25, 0.3) is 0 Å². The predicted octanol–water partition coefficient (Wildman–Crippen LogP) is 3.02. The number of amides is 1. The Hall–Kier alpha value is -2.66. The van der Waals surface area contributed by atoms with Crippen LogP contribution in [-0.4, -0.2) is 24.3 Å². The van der Waals surface area contributed by atoms with E-state index in [9.17, 15) is 14.4 Å². The molecule has 2 aromatic carbocycles. The lowest BCUT2D eigenvalue weighted by molar-refractivity contribution is -0.119. The van der Waals surface area contributed by atoms with Gasteiger partial charge in [-0.25, -0.2) is 4.79 Å². The second-order valence-electron chi connectivity index (χ2n) is 5.11. The number of hydrogen-bond donors (Lipinski definition) is 1. The summed E-state index contributed by atoms with van der Waals surface area (Å²) >= 11 is 5.76. The van der Waals surface area contributed by atoms with Crippen molar-refractivity contribution >= 4 is 29.3 Å². The summed E-state index contributed by atoms with van der Waals surface area (Å²) in [5.41, 5.74) is 1.63. The second kappa shape index (κ2) is 8.26. The maximum absolute atomic E-state index is 11.9. The Kier molecular flexibility index (Phi) is 6.09. The van der Waals surface area contributed by atoms with Crippen molar-refractivity contribution in [3.05, 3.63) is 70.2 Å². The molecule has 0 radical (unpaired) electrons. The van der Waals surface area contributed by atoms with Crippen molar-refractivity contribution in [2.24, 2.45) is 0 Å². The number of Topliss-reactive ketones (excluding diaryl/α,β-unsaturated/α-hetero) is 1. The van der Waals surface area contributed by atoms with Crippen LogP contribution >= 0.6 is 11.6 Å². The van der Waals surface area contributed by atoms with Crippen LogP contribution in [0.5, 0.6) is 0 Å². The van der Waals surface area contributed by atoms with Crippen LogP contribution in [0.2, 0.25) is 5.02 Å². The molecule has 0 aliphatic heterocycles. The minimum absolute atomic E-state index is 0.126. The lowest BCUT2D eigenvalue weighted by Gasteiger charge is -2.06. The highest BCUT2D eigenvalue weighted by Gasteiger charge is 2.12. The molecule has 0 aliphatic rings. The summed E-state index contributed by atoms with van der Waals surface area (Å²) in [5.74, 6) is -1.01. The first-order chi connectivity index (χ1) is 11.5. The average molecular weight is 346 g/mol. The third-order valence-corrected chi connectivity index (χ3v) is 3.48. The predicted molar refractivity (Wildman–Crippen MR) is 90.0 cm³/mol. The fraction of sp³-hybridized carbons (Fsp3) is 0.167. The maximum atomic E-state index is 11.9. The molecular formula is C18H16ClNO4. The first-order valence-corrected chi connectivity index (χ1v) is 7.63. The molecule has 6 heteroatoms. The lowest BCUT2D eigenvalue weighted by atomic mass is 10.1. The van der Waals surface area contributed by atoms with Crippen LogP contribution < -0.4 is 5.32 Å². The Balaban J connectivity index is 1.89. The minimum Gasteiger partial charge on any atom is -0.454 e. The van der Waals surface area contributed by atoms with E-state index in [1.807, 2.05) is 0 Å². The van der Waals surface area contributed by atoms with Gasteiger partial charge in [0, 0.05) is 24.1 Å². The molecule has 24 heavy (non-hydrogen) atoms. The maximum Gasteiger partial charge on any atom is 0.338 e. The molecular weight excluding hydrogens is 330 g/mol. The fourth-order valence-electron chi connectivity index (χ4n) is 1.92. The van der Waals surface area contributed by atoms with Crippen molar-refractivity contribution in [2.75, 3.05) is 6.61 Å². The molecule has 5 nitrogen and oxygen atoms in total. The van der Waals surface area contributed by atoms with Crippen molar-refractivity contribution in [1.29, 1.82) is 0 Å². The van der Waals surface area contributed by atoms with Crippen LogP contribution in [0.15, 0.2) is 48.5 Å². The van der Waals surface area contributed by atoms with Gasteiger partial charge < -0.3 is 10.1 Å². The molecule has 0 heterocycles. The molecule has 0 aromatic heterocycles. The van der Waals surface area contributed by atoms with Gasteiger partial charge in [0.05, 0.1) is 5.56 Å². The zero-order chi connectivity index (χ0) is 17.5. The number of carbonyl (C=O) groups excluding carboxylic acids is 3. The first kappa shape index (κ1) is 17.7. The van der Waals surface area contributed by atoms with E-state index in [4.69, 9.17) is 16.3 Å². The Morgan fingerprint density at radius 2 is 1.54 bits per heavy atom. The van der Waals surface area contributed by atoms with Gasteiger partial charge in [-0.2, -0.15) is 0 Å². The molecule has 1 N–H and O–H groups in total. The van der Waals surface area contributed by atoms with Crippen LogP contribution in [0.4, 0.5) is 0 Å². The SMILES string of the molecule is CC(=O)NCc1ccc(C(=O)OCC(=O)c2ccc(Cl)cc2)cc1. The summed E-state index contributed by atoms with van der Waals surface area (Å²) in [4.78, 5) is 34.7. The van der Waals surface area contributed by atoms with Crippen LogP contribution in [0.1, 0.15) is 33.2 Å². The van der Waals surface area contributed by atoms with Gasteiger partial charge in [0.15, 0.2) is 12.4 Å². The van der Waals surface area contributed by atoms with Crippen molar-refractivity contribution < 1.29 is 19.1 Å². The largest absolute Gasteiger partial charge is 0.454 e. The number of benzene rings is 2. The summed E-state index contributed by atoms with van der Waals surface area (Å²) in [6, 6.07) is 13.0. The third-order valence-electron chi connectivity index (χ3n) is 3.23. The zero-order valence-corrected chi connectivity index (χ0v) is 13.8. The zero-order valence-electron chi connectivity index (χ0n) is 13.0. The topological polar surface area (TPSA) is 72.5 Å². The standard InChI is InChI=1S/C18H16ClNO4/c1-12(21)20-10-13-2-4-15(5-3-13)18(23)24-11-17(22)14-6-8-16(19)9-7-14/h2-9H,10-11H2,1H3,(H,20,21). The minimum atomic E-state index is -0.580. The molecule has 0 fully saturated rings. The van der Waals surface area contributed by atoms with Crippen LogP contribution in [0.3, 0.4) is 0 Å². The Bertz CT molecular complexity index is 739. The van der Waals surface area contributed by atoms with Gasteiger partial charge in [-0.15, -0.1) is 0 Å². The molecule has 2 rings (SSSR count). The number of carbonyl (C=O) groups is 3. The highest BCUT2D eigenvalue weighted by Crippen LogP contribution is 2.11. The van der Waals surface area contributed by atoms with Crippen molar-refractivity contribution in [3.8, 4) is 0 Å². The van der Waals surface area contributed by atoms with Gasteiger partial charge in [0.1, 0.15) is 0 Å².